The van der Waals surface area contributed by atoms with Gasteiger partial charge >= 0.3 is 0 Å². The summed E-state index contributed by atoms with van der Waals surface area (Å²) in [6, 6.07) is 16.6. The fraction of sp³-hybridized carbons (Fsp3) is 0.200. The van der Waals surface area contributed by atoms with Crippen LogP contribution in [0.2, 0.25) is 0 Å². The van der Waals surface area contributed by atoms with Crippen molar-refractivity contribution in [2.24, 2.45) is 0 Å². The molecule has 1 unspecified atom stereocenters. The van der Waals surface area contributed by atoms with Crippen LogP contribution < -0.4 is 10.1 Å². The summed E-state index contributed by atoms with van der Waals surface area (Å²) >= 11 is 1.74. The third-order valence-electron chi connectivity index (χ3n) is 3.11. The molecule has 18 heavy (non-hydrogen) atoms. The van der Waals surface area contributed by atoms with E-state index < -0.39 is 0 Å². The quantitative estimate of drug-likeness (QED) is 0.823. The molecule has 0 amide bonds. The third-order valence-corrected chi connectivity index (χ3v) is 3.83. The van der Waals surface area contributed by atoms with Crippen LogP contribution in [-0.4, -0.2) is 12.8 Å². The topological polar surface area (TPSA) is 21.3 Å². The Morgan fingerprint density at radius 1 is 1.17 bits per heavy atom. The predicted octanol–water partition coefficient (Wildman–Crippen LogP) is 3.95. The average Bonchev–Trinajstić information content (AvgIpc) is 2.47. The summed E-state index contributed by atoms with van der Waals surface area (Å²) in [5.74, 6) is 0.938. The van der Waals surface area contributed by atoms with E-state index in [0.29, 0.717) is 0 Å². The van der Waals surface area contributed by atoms with Crippen molar-refractivity contribution in [3.05, 3.63) is 54.1 Å². The number of hydrogen-bond donors (Lipinski definition) is 1. The smallest absolute Gasteiger partial charge is 0.143 e. The van der Waals surface area contributed by atoms with E-state index in [1.54, 1.807) is 11.8 Å². The van der Waals surface area contributed by atoms with Gasteiger partial charge in [0.15, 0.2) is 0 Å². The van der Waals surface area contributed by atoms with E-state index >= 15 is 0 Å². The Labute approximate surface area is 111 Å². The second-order valence-corrected chi connectivity index (χ2v) is 5.14. The summed E-state index contributed by atoms with van der Waals surface area (Å²) in [6.45, 7) is 0.814. The monoisotopic (exact) mass is 257 g/mol. The molecule has 2 nitrogen and oxygen atoms in total. The highest BCUT2D eigenvalue weighted by molar-refractivity contribution is 7.98. The van der Waals surface area contributed by atoms with E-state index in [2.05, 4.69) is 35.8 Å². The number of anilines is 1. The number of thioether (sulfide) groups is 1. The lowest BCUT2D eigenvalue weighted by molar-refractivity contribution is 0.210. The van der Waals surface area contributed by atoms with Gasteiger partial charge in [-0.3, -0.25) is 0 Å². The highest BCUT2D eigenvalue weighted by Crippen LogP contribution is 2.36. The number of fused-ring (bicyclic) bond motifs is 1. The first-order valence-electron chi connectivity index (χ1n) is 6.00. The van der Waals surface area contributed by atoms with Crippen LogP contribution in [-0.2, 0) is 0 Å². The normalized spacial score (nSPS) is 17.5. The van der Waals surface area contributed by atoms with Gasteiger partial charge in [0.05, 0.1) is 12.2 Å². The van der Waals surface area contributed by atoms with Crippen molar-refractivity contribution in [1.29, 1.82) is 0 Å². The highest BCUT2D eigenvalue weighted by Gasteiger charge is 2.20. The van der Waals surface area contributed by atoms with Gasteiger partial charge in [-0.1, -0.05) is 30.3 Å². The second kappa shape index (κ2) is 4.94. The van der Waals surface area contributed by atoms with Crippen LogP contribution in [0.5, 0.6) is 5.75 Å². The van der Waals surface area contributed by atoms with Crippen LogP contribution in [0.15, 0.2) is 53.4 Å². The number of benzene rings is 2. The third kappa shape index (κ3) is 2.18. The zero-order chi connectivity index (χ0) is 12.4. The Bertz CT molecular complexity index is 541. The van der Waals surface area contributed by atoms with E-state index in [1.165, 1.54) is 10.5 Å². The molecule has 1 aliphatic heterocycles. The lowest BCUT2D eigenvalue weighted by Crippen LogP contribution is -2.23. The molecule has 1 N–H and O–H groups in total. The van der Waals surface area contributed by atoms with Crippen molar-refractivity contribution in [1.82, 2.24) is 0 Å². The molecule has 0 saturated carbocycles. The first kappa shape index (κ1) is 11.5. The molecule has 0 radical (unpaired) electrons. The molecule has 0 aromatic heterocycles. The van der Waals surface area contributed by atoms with E-state index in [0.717, 1.165) is 18.0 Å². The van der Waals surface area contributed by atoms with Crippen molar-refractivity contribution in [2.45, 2.75) is 11.0 Å². The summed E-state index contributed by atoms with van der Waals surface area (Å²) in [5, 5.41) is 3.45. The molecule has 0 spiro atoms. The molecule has 0 saturated heterocycles. The molecule has 0 fully saturated rings. The van der Waals surface area contributed by atoms with Crippen LogP contribution in [0.1, 0.15) is 11.7 Å². The fourth-order valence-electron chi connectivity index (χ4n) is 2.13. The molecular formula is C15H15NOS. The summed E-state index contributed by atoms with van der Waals surface area (Å²) in [4.78, 5) is 1.25. The van der Waals surface area contributed by atoms with Gasteiger partial charge in [-0.15, -0.1) is 11.8 Å². The Morgan fingerprint density at radius 3 is 2.78 bits per heavy atom. The lowest BCUT2D eigenvalue weighted by atomic mass is 10.1. The molecule has 1 aliphatic rings. The summed E-state index contributed by atoms with van der Waals surface area (Å²) in [7, 11) is 0. The Hall–Kier alpha value is -1.61. The van der Waals surface area contributed by atoms with Crippen molar-refractivity contribution in [2.75, 3.05) is 18.1 Å². The first-order chi connectivity index (χ1) is 8.86. The van der Waals surface area contributed by atoms with Crippen LogP contribution in [0.4, 0.5) is 5.69 Å². The number of rotatable bonds is 2. The Balaban J connectivity index is 1.85. The molecule has 1 atom stereocenters. The number of hydrogen-bond acceptors (Lipinski definition) is 3. The maximum Gasteiger partial charge on any atom is 0.143 e. The molecule has 2 aromatic rings. The van der Waals surface area contributed by atoms with Crippen LogP contribution in [0, 0.1) is 0 Å². The number of ether oxygens (including phenoxy) is 1. The van der Waals surface area contributed by atoms with Gasteiger partial charge in [0.25, 0.3) is 0 Å². The largest absolute Gasteiger partial charge is 0.482 e. The molecule has 2 aromatic carbocycles. The molecule has 3 rings (SSSR count). The zero-order valence-electron chi connectivity index (χ0n) is 10.2. The minimum absolute atomic E-state index is 0.0961. The van der Waals surface area contributed by atoms with Crippen molar-refractivity contribution in [3.63, 3.8) is 0 Å². The fourth-order valence-corrected chi connectivity index (χ4v) is 2.57. The average molecular weight is 257 g/mol. The molecule has 92 valence electrons. The molecule has 0 aliphatic carbocycles. The molecule has 0 bridgehead atoms. The maximum atomic E-state index is 6.05. The van der Waals surface area contributed by atoms with E-state index in [1.807, 2.05) is 24.3 Å². The van der Waals surface area contributed by atoms with E-state index in [-0.39, 0.29) is 6.10 Å². The summed E-state index contributed by atoms with van der Waals surface area (Å²) < 4.78 is 6.05. The minimum Gasteiger partial charge on any atom is -0.482 e. The van der Waals surface area contributed by atoms with Gasteiger partial charge in [-0.25, -0.2) is 0 Å². The predicted molar refractivity (Wildman–Crippen MR) is 76.5 cm³/mol. The van der Waals surface area contributed by atoms with Crippen molar-refractivity contribution < 1.29 is 4.74 Å². The standard InChI is InChI=1S/C15H15NOS/c1-18-12-7-8-14-13(9-12)16-10-15(17-14)11-5-3-2-4-6-11/h2-9,15-16H,10H2,1H3. The Kier molecular flexibility index (Phi) is 3.15. The SMILES string of the molecule is CSc1ccc2c(c1)NCC(c1ccccc1)O2. The summed E-state index contributed by atoms with van der Waals surface area (Å²) in [6.07, 6.45) is 2.18. The van der Waals surface area contributed by atoms with Gasteiger partial charge < -0.3 is 10.1 Å². The van der Waals surface area contributed by atoms with Gasteiger partial charge in [0, 0.05) is 4.90 Å². The van der Waals surface area contributed by atoms with Gasteiger partial charge in [-0.05, 0) is 30.0 Å². The van der Waals surface area contributed by atoms with Crippen LogP contribution in [0.25, 0.3) is 0 Å². The Morgan fingerprint density at radius 2 is 2.00 bits per heavy atom. The minimum atomic E-state index is 0.0961. The number of nitrogens with one attached hydrogen (secondary N) is 1. The van der Waals surface area contributed by atoms with Crippen molar-refractivity contribution in [3.8, 4) is 5.75 Å². The maximum absolute atomic E-state index is 6.05. The van der Waals surface area contributed by atoms with Gasteiger partial charge in [-0.2, -0.15) is 0 Å². The zero-order valence-corrected chi connectivity index (χ0v) is 11.0. The summed E-state index contributed by atoms with van der Waals surface area (Å²) in [5.41, 5.74) is 2.30. The van der Waals surface area contributed by atoms with E-state index in [9.17, 15) is 0 Å². The second-order valence-electron chi connectivity index (χ2n) is 4.26. The van der Waals surface area contributed by atoms with Crippen LogP contribution >= 0.6 is 11.8 Å². The van der Waals surface area contributed by atoms with Gasteiger partial charge in [0.1, 0.15) is 11.9 Å². The molecule has 1 heterocycles. The highest BCUT2D eigenvalue weighted by atomic mass is 32.2. The first-order valence-corrected chi connectivity index (χ1v) is 7.23. The van der Waals surface area contributed by atoms with Crippen LogP contribution in [0.3, 0.4) is 0 Å². The van der Waals surface area contributed by atoms with Crippen molar-refractivity contribution >= 4 is 17.4 Å². The van der Waals surface area contributed by atoms with Gasteiger partial charge in [0.2, 0.25) is 0 Å². The van der Waals surface area contributed by atoms with E-state index in [4.69, 9.17) is 4.74 Å². The molecular weight excluding hydrogens is 242 g/mol. The molecule has 3 heteroatoms. The lowest BCUT2D eigenvalue weighted by Gasteiger charge is -2.28.